The average Bonchev–Trinajstić information content (AvgIpc) is 3.02. The minimum Gasteiger partial charge on any atom is -0.314 e. The summed E-state index contributed by atoms with van der Waals surface area (Å²) in [7, 11) is 0. The van der Waals surface area contributed by atoms with E-state index in [2.05, 4.69) is 147 Å². The summed E-state index contributed by atoms with van der Waals surface area (Å²) in [6.45, 7) is 11.8. The lowest BCUT2D eigenvalue weighted by Crippen LogP contribution is -2.39. The molecular formula is C36H47N5. The summed E-state index contributed by atoms with van der Waals surface area (Å²) in [5, 5.41) is 10.7. The van der Waals surface area contributed by atoms with Gasteiger partial charge in [-0.25, -0.2) is 0 Å². The second-order valence-electron chi connectivity index (χ2n) is 10.6. The Bertz CT molecular complexity index is 1130. The summed E-state index contributed by atoms with van der Waals surface area (Å²) in [5.74, 6) is 0. The smallest absolute Gasteiger partial charge is 0.0237 e. The molecule has 0 radical (unpaired) electrons. The van der Waals surface area contributed by atoms with Gasteiger partial charge < -0.3 is 16.0 Å². The van der Waals surface area contributed by atoms with Crippen LogP contribution in [0.25, 0.3) is 0 Å². The zero-order chi connectivity index (χ0) is 28.2. The van der Waals surface area contributed by atoms with Crippen molar-refractivity contribution in [2.45, 2.75) is 26.2 Å². The van der Waals surface area contributed by atoms with Crippen molar-refractivity contribution >= 4 is 0 Å². The van der Waals surface area contributed by atoms with Crippen molar-refractivity contribution in [3.05, 3.63) is 144 Å². The first-order valence-corrected chi connectivity index (χ1v) is 15.1. The normalized spacial score (nSPS) is 11.4. The molecule has 0 unspecified atom stereocenters. The molecule has 0 aromatic heterocycles. The first-order chi connectivity index (χ1) is 20.3. The van der Waals surface area contributed by atoms with Crippen molar-refractivity contribution in [3.63, 3.8) is 0 Å². The van der Waals surface area contributed by atoms with Gasteiger partial charge in [0.1, 0.15) is 0 Å². The van der Waals surface area contributed by atoms with Crippen LogP contribution in [0.5, 0.6) is 0 Å². The maximum absolute atomic E-state index is 3.65. The quantitative estimate of drug-likeness (QED) is 0.133. The minimum atomic E-state index is 0.923. The van der Waals surface area contributed by atoms with Gasteiger partial charge in [0.2, 0.25) is 0 Å². The van der Waals surface area contributed by atoms with Crippen molar-refractivity contribution in [1.29, 1.82) is 0 Å². The maximum Gasteiger partial charge on any atom is 0.0237 e. The molecule has 0 saturated carbocycles. The third-order valence-electron chi connectivity index (χ3n) is 7.21. The third kappa shape index (κ3) is 12.8. The van der Waals surface area contributed by atoms with E-state index in [0.717, 1.165) is 78.5 Å². The Morgan fingerprint density at radius 3 is 1.20 bits per heavy atom. The Labute approximate surface area is 247 Å². The summed E-state index contributed by atoms with van der Waals surface area (Å²) in [6, 6.07) is 43.1. The van der Waals surface area contributed by atoms with Gasteiger partial charge in [0, 0.05) is 78.5 Å². The van der Waals surface area contributed by atoms with Crippen LogP contribution in [0.4, 0.5) is 0 Å². The molecule has 5 nitrogen and oxygen atoms in total. The van der Waals surface area contributed by atoms with E-state index in [-0.39, 0.29) is 0 Å². The van der Waals surface area contributed by atoms with Crippen LogP contribution < -0.4 is 16.0 Å². The van der Waals surface area contributed by atoms with Crippen LogP contribution in [-0.2, 0) is 26.2 Å². The first kappa shape index (κ1) is 30.6. The number of hydrogen-bond donors (Lipinski definition) is 3. The lowest BCUT2D eigenvalue weighted by atomic mass is 10.1. The van der Waals surface area contributed by atoms with Crippen LogP contribution in [-0.4, -0.2) is 62.2 Å². The maximum atomic E-state index is 3.65. The van der Waals surface area contributed by atoms with E-state index in [1.165, 1.54) is 22.3 Å². The number of nitrogens with one attached hydrogen (secondary N) is 3. The molecule has 0 bridgehead atoms. The van der Waals surface area contributed by atoms with Crippen molar-refractivity contribution in [1.82, 2.24) is 25.8 Å². The first-order valence-electron chi connectivity index (χ1n) is 15.1. The number of nitrogens with zero attached hydrogens (tertiary/aromatic N) is 2. The van der Waals surface area contributed by atoms with Gasteiger partial charge in [-0.3, -0.25) is 9.80 Å². The summed E-state index contributed by atoms with van der Waals surface area (Å²) in [4.78, 5) is 5.16. The van der Waals surface area contributed by atoms with Crippen LogP contribution in [0, 0.1) is 0 Å². The molecule has 4 aromatic carbocycles. The number of rotatable bonds is 20. The topological polar surface area (TPSA) is 42.6 Å². The Morgan fingerprint density at radius 2 is 0.707 bits per heavy atom. The Kier molecular flexibility index (Phi) is 14.1. The molecule has 4 rings (SSSR count). The standard InChI is InChI=1S/C36H47N5/c1-5-13-33(14-6-1)29-39-24-23-37-21-22-38-25-26-40(30-34-15-7-2-8-16-34)27-28-41(31-35-17-9-3-10-18-35)32-36-19-11-4-12-20-36/h1-20,37-39H,21-32H2. The Balaban J connectivity index is 1.19. The van der Waals surface area contributed by atoms with Crippen molar-refractivity contribution in [3.8, 4) is 0 Å². The van der Waals surface area contributed by atoms with E-state index >= 15 is 0 Å². The molecular weight excluding hydrogens is 502 g/mol. The van der Waals surface area contributed by atoms with Crippen LogP contribution >= 0.6 is 0 Å². The molecule has 41 heavy (non-hydrogen) atoms. The number of benzene rings is 4. The van der Waals surface area contributed by atoms with Crippen molar-refractivity contribution in [2.75, 3.05) is 52.4 Å². The lowest BCUT2D eigenvalue weighted by Gasteiger charge is -2.28. The van der Waals surface area contributed by atoms with E-state index in [9.17, 15) is 0 Å². The molecule has 0 spiro atoms. The summed E-state index contributed by atoms with van der Waals surface area (Å²) in [6.07, 6.45) is 0. The fourth-order valence-electron chi connectivity index (χ4n) is 4.96. The molecule has 5 heteroatoms. The Morgan fingerprint density at radius 1 is 0.341 bits per heavy atom. The van der Waals surface area contributed by atoms with Gasteiger partial charge in [-0.2, -0.15) is 0 Å². The molecule has 4 aromatic rings. The molecule has 3 N–H and O–H groups in total. The molecule has 0 aliphatic rings. The van der Waals surface area contributed by atoms with E-state index in [4.69, 9.17) is 0 Å². The third-order valence-corrected chi connectivity index (χ3v) is 7.21. The van der Waals surface area contributed by atoms with Gasteiger partial charge in [-0.1, -0.05) is 121 Å². The average molecular weight is 550 g/mol. The fraction of sp³-hybridized carbons (Fsp3) is 0.333. The highest BCUT2D eigenvalue weighted by Crippen LogP contribution is 2.11. The van der Waals surface area contributed by atoms with E-state index in [1.807, 2.05) is 0 Å². The molecule has 0 heterocycles. The van der Waals surface area contributed by atoms with Gasteiger partial charge in [0.15, 0.2) is 0 Å². The lowest BCUT2D eigenvalue weighted by molar-refractivity contribution is 0.188. The zero-order valence-electron chi connectivity index (χ0n) is 24.4. The highest BCUT2D eigenvalue weighted by Gasteiger charge is 2.12. The van der Waals surface area contributed by atoms with Crippen molar-refractivity contribution < 1.29 is 0 Å². The molecule has 0 aliphatic carbocycles. The van der Waals surface area contributed by atoms with Crippen LogP contribution in [0.3, 0.4) is 0 Å². The summed E-state index contributed by atoms with van der Waals surface area (Å²) >= 11 is 0. The predicted molar refractivity (Wildman–Crippen MR) is 173 cm³/mol. The van der Waals surface area contributed by atoms with E-state index in [1.54, 1.807) is 0 Å². The van der Waals surface area contributed by atoms with Crippen LogP contribution in [0.15, 0.2) is 121 Å². The van der Waals surface area contributed by atoms with Gasteiger partial charge in [0.05, 0.1) is 0 Å². The molecule has 0 saturated heterocycles. The Hall–Kier alpha value is -3.32. The van der Waals surface area contributed by atoms with Gasteiger partial charge >= 0.3 is 0 Å². The van der Waals surface area contributed by atoms with E-state index in [0.29, 0.717) is 0 Å². The predicted octanol–water partition coefficient (Wildman–Crippen LogP) is 5.16. The second kappa shape index (κ2) is 18.9. The molecule has 0 aliphatic heterocycles. The van der Waals surface area contributed by atoms with Gasteiger partial charge in [-0.05, 0) is 22.3 Å². The van der Waals surface area contributed by atoms with Crippen LogP contribution in [0.1, 0.15) is 22.3 Å². The highest BCUT2D eigenvalue weighted by atomic mass is 15.2. The second-order valence-corrected chi connectivity index (χ2v) is 10.6. The van der Waals surface area contributed by atoms with Crippen LogP contribution in [0.2, 0.25) is 0 Å². The summed E-state index contributed by atoms with van der Waals surface area (Å²) < 4.78 is 0. The largest absolute Gasteiger partial charge is 0.314 e. The fourth-order valence-corrected chi connectivity index (χ4v) is 4.96. The molecule has 0 atom stereocenters. The minimum absolute atomic E-state index is 0.923. The van der Waals surface area contributed by atoms with Gasteiger partial charge in [0.25, 0.3) is 0 Å². The zero-order valence-corrected chi connectivity index (χ0v) is 24.4. The highest BCUT2D eigenvalue weighted by molar-refractivity contribution is 5.18. The molecule has 216 valence electrons. The van der Waals surface area contributed by atoms with Gasteiger partial charge in [-0.15, -0.1) is 0 Å². The SMILES string of the molecule is c1ccc(CNCCNCCNCCN(CCN(Cc2ccccc2)Cc2ccccc2)Cc2ccccc2)cc1. The van der Waals surface area contributed by atoms with E-state index < -0.39 is 0 Å². The monoisotopic (exact) mass is 549 g/mol. The molecule has 0 amide bonds. The molecule has 0 fully saturated rings. The summed E-state index contributed by atoms with van der Waals surface area (Å²) in [5.41, 5.74) is 5.43. The number of hydrogen-bond acceptors (Lipinski definition) is 5. The van der Waals surface area contributed by atoms with Crippen molar-refractivity contribution in [2.24, 2.45) is 0 Å².